The highest BCUT2D eigenvalue weighted by molar-refractivity contribution is 5.85. The fraction of sp³-hybridized carbons (Fsp3) is 0.600. The monoisotopic (exact) mass is 395 g/mol. The van der Waals surface area contributed by atoms with Crippen LogP contribution in [0.4, 0.5) is 0 Å². The van der Waals surface area contributed by atoms with Gasteiger partial charge in [-0.1, -0.05) is 12.1 Å². The zero-order valence-corrected chi connectivity index (χ0v) is 16.6. The standard InChI is InChI=1S/C20H29N3O3.ClH/c1-14-12-16(9-11-21-14)20(25)22-10-8-15-2-6-18(7-3-15)26-13-19(24)23-17-4-5-17;/h2-3,6-7,14,16-17,21H,4-5,8-13H2,1H3,(H,22,25)(H,23,24);1H/t14-,16-;/m0./s1. The van der Waals surface area contributed by atoms with E-state index in [1.807, 2.05) is 24.3 Å². The van der Waals surface area contributed by atoms with Crippen LogP contribution in [0, 0.1) is 5.92 Å². The van der Waals surface area contributed by atoms with Crippen molar-refractivity contribution in [3.8, 4) is 5.75 Å². The van der Waals surface area contributed by atoms with E-state index in [1.54, 1.807) is 0 Å². The van der Waals surface area contributed by atoms with Gasteiger partial charge in [-0.05, 0) is 63.3 Å². The maximum absolute atomic E-state index is 12.2. The molecule has 0 bridgehead atoms. The van der Waals surface area contributed by atoms with Crippen LogP contribution < -0.4 is 20.7 Å². The van der Waals surface area contributed by atoms with Crippen LogP contribution in [0.1, 0.15) is 38.2 Å². The molecule has 150 valence electrons. The molecule has 0 unspecified atom stereocenters. The number of amides is 2. The van der Waals surface area contributed by atoms with Crippen molar-refractivity contribution in [2.24, 2.45) is 5.92 Å². The zero-order valence-electron chi connectivity index (χ0n) is 15.8. The highest BCUT2D eigenvalue weighted by Gasteiger charge is 2.24. The van der Waals surface area contributed by atoms with E-state index in [2.05, 4.69) is 22.9 Å². The van der Waals surface area contributed by atoms with Gasteiger partial charge in [0, 0.05) is 24.5 Å². The van der Waals surface area contributed by atoms with E-state index < -0.39 is 0 Å². The van der Waals surface area contributed by atoms with Crippen molar-refractivity contribution in [3.05, 3.63) is 29.8 Å². The Morgan fingerprint density at radius 2 is 1.93 bits per heavy atom. The van der Waals surface area contributed by atoms with E-state index in [0.717, 1.165) is 44.2 Å². The molecule has 3 rings (SSSR count). The molecule has 1 aliphatic heterocycles. The molecule has 0 aromatic heterocycles. The van der Waals surface area contributed by atoms with Gasteiger partial charge in [-0.3, -0.25) is 9.59 Å². The predicted octanol–water partition coefficient (Wildman–Crippen LogP) is 1.81. The first-order valence-corrected chi connectivity index (χ1v) is 9.62. The largest absolute Gasteiger partial charge is 0.484 e. The van der Waals surface area contributed by atoms with Crippen LogP contribution in [0.25, 0.3) is 0 Å². The molecule has 2 amide bonds. The van der Waals surface area contributed by atoms with Crippen molar-refractivity contribution in [2.45, 2.75) is 51.1 Å². The lowest BCUT2D eigenvalue weighted by molar-refractivity contribution is -0.126. The maximum atomic E-state index is 12.2. The first-order valence-electron chi connectivity index (χ1n) is 9.62. The molecule has 1 saturated carbocycles. The quantitative estimate of drug-likeness (QED) is 0.627. The molecule has 2 aliphatic rings. The van der Waals surface area contributed by atoms with Crippen molar-refractivity contribution < 1.29 is 14.3 Å². The lowest BCUT2D eigenvalue weighted by Crippen LogP contribution is -2.42. The van der Waals surface area contributed by atoms with Gasteiger partial charge in [0.25, 0.3) is 5.91 Å². The lowest BCUT2D eigenvalue weighted by atomic mass is 9.92. The number of carbonyl (C=O) groups excluding carboxylic acids is 2. The van der Waals surface area contributed by atoms with E-state index in [1.165, 1.54) is 0 Å². The fourth-order valence-corrected chi connectivity index (χ4v) is 3.24. The highest BCUT2D eigenvalue weighted by atomic mass is 35.5. The van der Waals surface area contributed by atoms with Gasteiger partial charge in [0.2, 0.25) is 5.91 Å². The van der Waals surface area contributed by atoms with Gasteiger partial charge < -0.3 is 20.7 Å². The van der Waals surface area contributed by atoms with Gasteiger partial charge >= 0.3 is 0 Å². The molecular weight excluding hydrogens is 366 g/mol. The smallest absolute Gasteiger partial charge is 0.258 e. The summed E-state index contributed by atoms with van der Waals surface area (Å²) >= 11 is 0. The Hall–Kier alpha value is -1.79. The fourth-order valence-electron chi connectivity index (χ4n) is 3.24. The molecule has 0 spiro atoms. The lowest BCUT2D eigenvalue weighted by Gasteiger charge is -2.27. The molecule has 2 fully saturated rings. The third kappa shape index (κ3) is 7.39. The minimum atomic E-state index is -0.0634. The third-order valence-electron chi connectivity index (χ3n) is 4.94. The van der Waals surface area contributed by atoms with E-state index in [4.69, 9.17) is 4.74 Å². The van der Waals surface area contributed by atoms with Crippen LogP contribution in [0.3, 0.4) is 0 Å². The molecule has 0 radical (unpaired) electrons. The maximum Gasteiger partial charge on any atom is 0.258 e. The summed E-state index contributed by atoms with van der Waals surface area (Å²) in [5, 5.41) is 9.31. The van der Waals surface area contributed by atoms with Crippen molar-refractivity contribution >= 4 is 24.2 Å². The highest BCUT2D eigenvalue weighted by Crippen LogP contribution is 2.19. The Labute approximate surface area is 167 Å². The van der Waals surface area contributed by atoms with Crippen LogP contribution in [-0.4, -0.2) is 43.6 Å². The van der Waals surface area contributed by atoms with Gasteiger partial charge in [-0.2, -0.15) is 0 Å². The Bertz CT molecular complexity index is 619. The van der Waals surface area contributed by atoms with Gasteiger partial charge in [-0.25, -0.2) is 0 Å². The normalized spacial score (nSPS) is 21.7. The number of hydrogen-bond acceptors (Lipinski definition) is 4. The molecule has 1 aromatic rings. The number of benzene rings is 1. The first-order chi connectivity index (χ1) is 12.6. The summed E-state index contributed by atoms with van der Waals surface area (Å²) in [6, 6.07) is 8.47. The zero-order chi connectivity index (χ0) is 18.4. The number of carbonyl (C=O) groups is 2. The van der Waals surface area contributed by atoms with Crippen molar-refractivity contribution in [1.29, 1.82) is 0 Å². The van der Waals surface area contributed by atoms with Crippen LogP contribution in [-0.2, 0) is 16.0 Å². The Morgan fingerprint density at radius 1 is 1.19 bits per heavy atom. The summed E-state index contributed by atoms with van der Waals surface area (Å²) < 4.78 is 5.50. The second-order valence-corrected chi connectivity index (χ2v) is 7.39. The molecule has 3 N–H and O–H groups in total. The van der Waals surface area contributed by atoms with Crippen molar-refractivity contribution in [3.63, 3.8) is 0 Å². The van der Waals surface area contributed by atoms with E-state index >= 15 is 0 Å². The minimum Gasteiger partial charge on any atom is -0.484 e. The molecule has 1 heterocycles. The average Bonchev–Trinajstić information content (AvgIpc) is 3.45. The molecular formula is C20H30ClN3O3. The predicted molar refractivity (Wildman–Crippen MR) is 107 cm³/mol. The van der Waals surface area contributed by atoms with Crippen LogP contribution in [0.5, 0.6) is 5.75 Å². The first kappa shape index (κ1) is 21.5. The van der Waals surface area contributed by atoms with Gasteiger partial charge in [0.1, 0.15) is 5.75 Å². The van der Waals surface area contributed by atoms with Gasteiger partial charge in [0.15, 0.2) is 6.61 Å². The number of piperidine rings is 1. The van der Waals surface area contributed by atoms with E-state index in [0.29, 0.717) is 24.4 Å². The van der Waals surface area contributed by atoms with Crippen molar-refractivity contribution in [1.82, 2.24) is 16.0 Å². The molecule has 7 heteroatoms. The van der Waals surface area contributed by atoms with Gasteiger partial charge in [0.05, 0.1) is 0 Å². The summed E-state index contributed by atoms with van der Waals surface area (Å²) in [6.45, 7) is 3.74. The summed E-state index contributed by atoms with van der Waals surface area (Å²) in [6.07, 6.45) is 4.76. The molecule has 1 aliphatic carbocycles. The summed E-state index contributed by atoms with van der Waals surface area (Å²) in [4.78, 5) is 23.8. The molecule has 27 heavy (non-hydrogen) atoms. The molecule has 6 nitrogen and oxygen atoms in total. The van der Waals surface area contributed by atoms with E-state index in [9.17, 15) is 9.59 Å². The molecule has 2 atom stereocenters. The summed E-state index contributed by atoms with van der Waals surface area (Å²) in [5.74, 6) is 0.919. The third-order valence-corrected chi connectivity index (χ3v) is 4.94. The average molecular weight is 396 g/mol. The number of halogens is 1. The molecule has 1 aromatic carbocycles. The topological polar surface area (TPSA) is 79.5 Å². The Kier molecular flexibility index (Phi) is 8.38. The second kappa shape index (κ2) is 10.5. The number of nitrogens with one attached hydrogen (secondary N) is 3. The Morgan fingerprint density at radius 3 is 2.59 bits per heavy atom. The summed E-state index contributed by atoms with van der Waals surface area (Å²) in [5.41, 5.74) is 1.14. The summed E-state index contributed by atoms with van der Waals surface area (Å²) in [7, 11) is 0. The second-order valence-electron chi connectivity index (χ2n) is 7.39. The van der Waals surface area contributed by atoms with Crippen LogP contribution >= 0.6 is 12.4 Å². The van der Waals surface area contributed by atoms with Gasteiger partial charge in [-0.15, -0.1) is 12.4 Å². The van der Waals surface area contributed by atoms with Crippen LogP contribution in [0.15, 0.2) is 24.3 Å². The number of rotatable bonds is 8. The van der Waals surface area contributed by atoms with Crippen LogP contribution in [0.2, 0.25) is 0 Å². The number of hydrogen-bond donors (Lipinski definition) is 3. The van der Waals surface area contributed by atoms with Crippen molar-refractivity contribution in [2.75, 3.05) is 19.7 Å². The Balaban J connectivity index is 0.00000261. The SMILES string of the molecule is C[C@H]1C[C@@H](C(=O)NCCc2ccc(OCC(=O)NC3CC3)cc2)CCN1.Cl. The molecule has 1 saturated heterocycles. The number of ether oxygens (including phenoxy) is 1. The minimum absolute atomic E-state index is 0. The van der Waals surface area contributed by atoms with E-state index in [-0.39, 0.29) is 36.7 Å².